The summed E-state index contributed by atoms with van der Waals surface area (Å²) in [5.41, 5.74) is 2.13. The van der Waals surface area contributed by atoms with E-state index in [1.807, 2.05) is 31.2 Å². The molecule has 2 nitrogen and oxygen atoms in total. The highest BCUT2D eigenvalue weighted by Crippen LogP contribution is 2.09. The molecule has 0 aliphatic rings. The Hall–Kier alpha value is -1.35. The van der Waals surface area contributed by atoms with Gasteiger partial charge in [-0.2, -0.15) is 0 Å². The lowest BCUT2D eigenvalue weighted by atomic mass is 10.2. The maximum Gasteiger partial charge on any atom is 0.106 e. The molecule has 0 heterocycles. The van der Waals surface area contributed by atoms with Crippen molar-refractivity contribution < 1.29 is 5.11 Å². The third kappa shape index (κ3) is 3.58. The van der Waals surface area contributed by atoms with Crippen LogP contribution in [0.2, 0.25) is 0 Å². The molecule has 0 amide bonds. The molecular weight excluding hydrogens is 194 g/mol. The summed E-state index contributed by atoms with van der Waals surface area (Å²) in [6.07, 6.45) is 1.51. The minimum atomic E-state index is 0.203. The molecule has 3 heteroatoms. The van der Waals surface area contributed by atoms with Gasteiger partial charge >= 0.3 is 0 Å². The number of aliphatic hydroxyl groups is 1. The zero-order chi connectivity index (χ0) is 10.6. The highest BCUT2D eigenvalue weighted by Gasteiger charge is 1.94. The fourth-order valence-electron chi connectivity index (χ4n) is 1.00. The van der Waals surface area contributed by atoms with Crippen molar-refractivity contribution in [3.63, 3.8) is 0 Å². The Bertz CT molecular complexity index is 350. The Morgan fingerprint density at radius 3 is 2.43 bits per heavy atom. The van der Waals surface area contributed by atoms with Gasteiger partial charge in [0, 0.05) is 11.8 Å². The number of hydrogen-bond donors (Lipinski definition) is 2. The van der Waals surface area contributed by atoms with Crippen molar-refractivity contribution in [1.82, 2.24) is 0 Å². The van der Waals surface area contributed by atoms with Crippen LogP contribution in [-0.4, -0.2) is 10.1 Å². The molecular formula is C11H13NOS. The lowest BCUT2D eigenvalue weighted by Gasteiger charge is -2.04. The van der Waals surface area contributed by atoms with E-state index in [4.69, 9.17) is 17.3 Å². The van der Waals surface area contributed by atoms with Gasteiger partial charge in [-0.25, -0.2) is 0 Å². The van der Waals surface area contributed by atoms with Gasteiger partial charge in [-0.15, -0.1) is 0 Å². The van der Waals surface area contributed by atoms with Gasteiger partial charge in [0.05, 0.1) is 5.76 Å². The number of aliphatic hydroxyl groups excluding tert-OH is 1. The minimum absolute atomic E-state index is 0.203. The average molecular weight is 207 g/mol. The van der Waals surface area contributed by atoms with Crippen molar-refractivity contribution in [2.24, 2.45) is 0 Å². The Labute approximate surface area is 89.3 Å². The van der Waals surface area contributed by atoms with E-state index < -0.39 is 0 Å². The summed E-state index contributed by atoms with van der Waals surface area (Å²) in [6.45, 7) is 3.61. The van der Waals surface area contributed by atoms with Crippen molar-refractivity contribution in [2.45, 2.75) is 13.8 Å². The number of thiocarbonyl (C=S) groups is 1. The van der Waals surface area contributed by atoms with Crippen LogP contribution in [0.25, 0.3) is 0 Å². The second kappa shape index (κ2) is 4.77. The molecule has 0 radical (unpaired) electrons. The van der Waals surface area contributed by atoms with Crippen LogP contribution in [0, 0.1) is 6.92 Å². The Morgan fingerprint density at radius 2 is 1.93 bits per heavy atom. The highest BCUT2D eigenvalue weighted by molar-refractivity contribution is 7.81. The van der Waals surface area contributed by atoms with E-state index in [-0.39, 0.29) is 5.76 Å². The van der Waals surface area contributed by atoms with E-state index in [1.54, 1.807) is 6.92 Å². The van der Waals surface area contributed by atoms with Crippen LogP contribution >= 0.6 is 12.2 Å². The summed E-state index contributed by atoms with van der Waals surface area (Å²) in [7, 11) is 0. The third-order valence-corrected chi connectivity index (χ3v) is 1.88. The van der Waals surface area contributed by atoms with Gasteiger partial charge in [0.25, 0.3) is 0 Å². The number of rotatable bonds is 2. The number of benzene rings is 1. The second-order valence-electron chi connectivity index (χ2n) is 3.14. The summed E-state index contributed by atoms with van der Waals surface area (Å²) >= 11 is 5.00. The van der Waals surface area contributed by atoms with Gasteiger partial charge in [-0.3, -0.25) is 0 Å². The molecule has 0 saturated heterocycles. The fraction of sp³-hybridized carbons (Fsp3) is 0.182. The first-order valence-electron chi connectivity index (χ1n) is 4.33. The van der Waals surface area contributed by atoms with Gasteiger partial charge in [0.15, 0.2) is 0 Å². The minimum Gasteiger partial charge on any atom is -0.513 e. The van der Waals surface area contributed by atoms with Gasteiger partial charge in [-0.05, 0) is 26.0 Å². The summed E-state index contributed by atoms with van der Waals surface area (Å²) in [6, 6.07) is 7.89. The molecule has 0 aliphatic carbocycles. The maximum absolute atomic E-state index is 8.98. The quantitative estimate of drug-likeness (QED) is 0.444. The topological polar surface area (TPSA) is 32.3 Å². The number of hydrogen-bond acceptors (Lipinski definition) is 2. The Balaban J connectivity index is 2.66. The fourth-order valence-corrected chi connectivity index (χ4v) is 1.29. The van der Waals surface area contributed by atoms with Crippen LogP contribution in [0.15, 0.2) is 36.1 Å². The molecule has 2 N–H and O–H groups in total. The lowest BCUT2D eigenvalue weighted by Crippen LogP contribution is -2.05. The third-order valence-electron chi connectivity index (χ3n) is 1.66. The van der Waals surface area contributed by atoms with Crippen molar-refractivity contribution in [3.05, 3.63) is 41.7 Å². The van der Waals surface area contributed by atoms with Crippen LogP contribution in [0.3, 0.4) is 0 Å². The normalized spacial score (nSPS) is 11.1. The van der Waals surface area contributed by atoms with E-state index >= 15 is 0 Å². The van der Waals surface area contributed by atoms with Crippen molar-refractivity contribution >= 4 is 22.9 Å². The van der Waals surface area contributed by atoms with Crippen LogP contribution in [0.1, 0.15) is 12.5 Å². The summed E-state index contributed by atoms with van der Waals surface area (Å²) in [5, 5.41) is 12.0. The van der Waals surface area contributed by atoms with E-state index in [0.29, 0.717) is 4.99 Å². The first-order valence-corrected chi connectivity index (χ1v) is 4.73. The summed E-state index contributed by atoms with van der Waals surface area (Å²) in [5.74, 6) is 0.203. The first kappa shape index (κ1) is 10.7. The molecule has 0 spiro atoms. The molecule has 1 aromatic rings. The average Bonchev–Trinajstić information content (AvgIpc) is 2.07. The van der Waals surface area contributed by atoms with Gasteiger partial charge in [-0.1, -0.05) is 29.9 Å². The highest BCUT2D eigenvalue weighted by atomic mass is 32.1. The number of anilines is 1. The molecule has 0 atom stereocenters. The number of allylic oxidation sites excluding steroid dienone is 1. The molecule has 1 rings (SSSR count). The van der Waals surface area contributed by atoms with Crippen molar-refractivity contribution in [1.29, 1.82) is 0 Å². The van der Waals surface area contributed by atoms with Crippen LogP contribution < -0.4 is 5.32 Å². The molecule has 0 aromatic heterocycles. The summed E-state index contributed by atoms with van der Waals surface area (Å²) in [4.78, 5) is 0.508. The van der Waals surface area contributed by atoms with Crippen LogP contribution in [0.4, 0.5) is 5.69 Å². The van der Waals surface area contributed by atoms with E-state index in [9.17, 15) is 0 Å². The molecule has 0 fully saturated rings. The molecule has 74 valence electrons. The first-order chi connectivity index (χ1) is 6.58. The predicted molar refractivity (Wildman–Crippen MR) is 63.8 cm³/mol. The van der Waals surface area contributed by atoms with Crippen molar-refractivity contribution in [2.75, 3.05) is 5.32 Å². The summed E-state index contributed by atoms with van der Waals surface area (Å²) < 4.78 is 0. The SMILES string of the molecule is C/C(O)=C\C(=S)Nc1ccc(C)cc1. The van der Waals surface area contributed by atoms with Crippen LogP contribution in [0.5, 0.6) is 0 Å². The Morgan fingerprint density at radius 1 is 1.36 bits per heavy atom. The van der Waals surface area contributed by atoms with Crippen molar-refractivity contribution in [3.8, 4) is 0 Å². The lowest BCUT2D eigenvalue weighted by molar-refractivity contribution is 0.415. The van der Waals surface area contributed by atoms with Gasteiger partial charge < -0.3 is 10.4 Å². The molecule has 14 heavy (non-hydrogen) atoms. The molecule has 0 unspecified atom stereocenters. The van der Waals surface area contributed by atoms with E-state index in [0.717, 1.165) is 5.69 Å². The second-order valence-corrected chi connectivity index (χ2v) is 3.58. The van der Waals surface area contributed by atoms with E-state index in [1.165, 1.54) is 11.6 Å². The number of nitrogens with one attached hydrogen (secondary N) is 1. The molecule has 0 bridgehead atoms. The van der Waals surface area contributed by atoms with Crippen LogP contribution in [-0.2, 0) is 0 Å². The molecule has 0 aliphatic heterocycles. The standard InChI is InChI=1S/C11H13NOS/c1-8-3-5-10(6-4-8)12-11(14)7-9(2)13/h3-7,13H,1-2H3,(H,12,14)/b9-7+. The largest absolute Gasteiger partial charge is 0.513 e. The van der Waals surface area contributed by atoms with Gasteiger partial charge in [0.2, 0.25) is 0 Å². The zero-order valence-corrected chi connectivity index (χ0v) is 9.06. The smallest absolute Gasteiger partial charge is 0.106 e. The maximum atomic E-state index is 8.98. The number of aryl methyl sites for hydroxylation is 1. The monoisotopic (exact) mass is 207 g/mol. The molecule has 0 saturated carbocycles. The Kier molecular flexibility index (Phi) is 3.65. The van der Waals surface area contributed by atoms with E-state index in [2.05, 4.69) is 5.32 Å². The predicted octanol–water partition coefficient (Wildman–Crippen LogP) is 3.20. The van der Waals surface area contributed by atoms with Gasteiger partial charge in [0.1, 0.15) is 4.99 Å². The molecule has 1 aromatic carbocycles. The zero-order valence-electron chi connectivity index (χ0n) is 8.24.